The van der Waals surface area contributed by atoms with Gasteiger partial charge in [-0.2, -0.15) is 0 Å². The number of halogens is 1. The van der Waals surface area contributed by atoms with E-state index in [9.17, 15) is 0 Å². The molecule has 0 N–H and O–H groups in total. The van der Waals surface area contributed by atoms with Crippen molar-refractivity contribution in [2.45, 2.75) is 0 Å². The van der Waals surface area contributed by atoms with Gasteiger partial charge in [-0.25, -0.2) is 0 Å². The molecule has 0 radical (unpaired) electrons. The van der Waals surface area contributed by atoms with E-state index in [4.69, 9.17) is 0 Å². The summed E-state index contributed by atoms with van der Waals surface area (Å²) >= 11 is 1.61. The summed E-state index contributed by atoms with van der Waals surface area (Å²) in [6.45, 7) is 0. The van der Waals surface area contributed by atoms with Crippen molar-refractivity contribution >= 4 is 20.2 Å². The molecule has 0 aliphatic rings. The van der Waals surface area contributed by atoms with Gasteiger partial charge in [0.2, 0.25) is 0 Å². The fraction of sp³-hybridized carbons (Fsp3) is 0. The second-order valence-corrected chi connectivity index (χ2v) is 5.08. The van der Waals surface area contributed by atoms with Crippen LogP contribution >= 0.6 is 9.42 Å². The monoisotopic (exact) mass is 511 g/mol. The molecule has 2 aromatic carbocycles. The van der Waals surface area contributed by atoms with Crippen molar-refractivity contribution in [1.82, 2.24) is 9.97 Å². The number of benzene rings is 2. The summed E-state index contributed by atoms with van der Waals surface area (Å²) in [6.07, 6.45) is 3.62. The van der Waals surface area contributed by atoms with E-state index in [1.165, 1.54) is 5.39 Å². The molecule has 0 saturated carbocycles. The molecule has 0 aliphatic heterocycles. The molecule has 2 aromatic heterocycles. The van der Waals surface area contributed by atoms with E-state index in [0.717, 1.165) is 27.9 Å². The maximum atomic E-state index is 4.61. The van der Waals surface area contributed by atoms with Gasteiger partial charge in [0.05, 0.1) is 0 Å². The molecule has 0 bridgehead atoms. The molecule has 2 nitrogen and oxygen atoms in total. The minimum atomic E-state index is 0.922. The predicted molar refractivity (Wildman–Crippen MR) is 95.1 cm³/mol. The third kappa shape index (κ3) is 3.56. The standard InChI is InChI=1S/C20H13N2.ClH.Pt/c1-2-8-17-15(7-1)13-16(19-9-3-5-11-21-19)14-18(17)20-10-4-6-12-22-20;;/h1-13H;1H;/q-1;;+2/p-1. The van der Waals surface area contributed by atoms with Crippen LogP contribution < -0.4 is 0 Å². The minimum absolute atomic E-state index is 0.922. The number of hydrogen-bond donors (Lipinski definition) is 0. The van der Waals surface area contributed by atoms with Crippen molar-refractivity contribution in [2.75, 3.05) is 0 Å². The van der Waals surface area contributed by atoms with Gasteiger partial charge in [-0.1, -0.05) is 70.4 Å². The average Bonchev–Trinajstić information content (AvgIpc) is 2.70. The first-order valence-corrected chi connectivity index (χ1v) is 10.1. The number of pyridine rings is 2. The minimum Gasteiger partial charge on any atom is -0.295 e. The van der Waals surface area contributed by atoms with Crippen LogP contribution in [0.15, 0.2) is 79.1 Å². The van der Waals surface area contributed by atoms with Gasteiger partial charge in [0.15, 0.2) is 0 Å². The third-order valence-corrected chi connectivity index (χ3v) is 3.65. The third-order valence-electron chi connectivity index (χ3n) is 3.65. The number of rotatable bonds is 2. The Morgan fingerprint density at radius 3 is 2.04 bits per heavy atom. The number of aromatic nitrogens is 2. The number of hydrogen-bond acceptors (Lipinski definition) is 2. The Morgan fingerprint density at radius 2 is 1.38 bits per heavy atom. The van der Waals surface area contributed by atoms with Gasteiger partial charge in [-0.05, 0) is 12.1 Å². The van der Waals surface area contributed by atoms with Crippen LogP contribution in [0.1, 0.15) is 0 Å². The van der Waals surface area contributed by atoms with Crippen molar-refractivity contribution in [3.05, 3.63) is 85.2 Å². The second kappa shape index (κ2) is 8.19. The molecular weight excluding hydrogens is 499 g/mol. The summed E-state index contributed by atoms with van der Waals surface area (Å²) in [6, 6.07) is 25.8. The molecule has 0 fully saturated rings. The zero-order valence-electron chi connectivity index (χ0n) is 12.6. The first kappa shape index (κ1) is 16.8. The maximum Gasteiger partial charge on any atom is 0.0183 e. The second-order valence-electron chi connectivity index (χ2n) is 5.08. The Hall–Kier alpha value is -2.02. The average molecular weight is 512 g/mol. The SMILES string of the molecule is [Cl][Pt+].[c-]1c(-c2ccccn2)cc2ccccc2c1-c1ccccn1. The molecule has 120 valence electrons. The molecule has 0 saturated heterocycles. The van der Waals surface area contributed by atoms with Gasteiger partial charge in [0, 0.05) is 23.8 Å². The summed E-state index contributed by atoms with van der Waals surface area (Å²) < 4.78 is 0. The smallest absolute Gasteiger partial charge is 0.0183 e. The Kier molecular flexibility index (Phi) is 5.74. The van der Waals surface area contributed by atoms with E-state index in [-0.39, 0.29) is 0 Å². The molecule has 4 heteroatoms. The summed E-state index contributed by atoms with van der Waals surface area (Å²) in [4.78, 5) is 8.92. The zero-order valence-corrected chi connectivity index (χ0v) is 15.6. The summed E-state index contributed by atoms with van der Waals surface area (Å²) in [7, 11) is 4.61. The Bertz CT molecular complexity index is 928. The van der Waals surface area contributed by atoms with Crippen LogP contribution in [0.2, 0.25) is 0 Å². The van der Waals surface area contributed by atoms with Crippen LogP contribution in [0.3, 0.4) is 0 Å². The molecule has 4 rings (SSSR count). The number of fused-ring (bicyclic) bond motifs is 1. The topological polar surface area (TPSA) is 25.8 Å². The molecular formula is C20H13ClN2Pt. The van der Waals surface area contributed by atoms with E-state index in [1.54, 1.807) is 25.0 Å². The molecule has 4 aromatic rings. The Morgan fingerprint density at radius 1 is 0.750 bits per heavy atom. The first-order valence-electron chi connectivity index (χ1n) is 7.32. The summed E-state index contributed by atoms with van der Waals surface area (Å²) in [5.41, 5.74) is 3.85. The summed E-state index contributed by atoms with van der Waals surface area (Å²) in [5.74, 6) is 0. The van der Waals surface area contributed by atoms with Gasteiger partial charge < -0.3 is 0 Å². The van der Waals surface area contributed by atoms with Crippen LogP contribution in [-0.4, -0.2) is 9.97 Å². The molecule has 0 aliphatic carbocycles. The Labute approximate surface area is 156 Å². The quantitative estimate of drug-likeness (QED) is 0.334. The van der Waals surface area contributed by atoms with Crippen LogP contribution in [0, 0.1) is 6.07 Å². The van der Waals surface area contributed by atoms with Crippen LogP contribution in [0.25, 0.3) is 33.3 Å². The first-order chi connectivity index (χ1) is 11.9. The van der Waals surface area contributed by atoms with E-state index < -0.39 is 0 Å². The van der Waals surface area contributed by atoms with Crippen LogP contribution in [-0.2, 0) is 18.8 Å². The normalized spacial score (nSPS) is 10.1. The van der Waals surface area contributed by atoms with Gasteiger partial charge in [-0.3, -0.25) is 9.97 Å². The largest absolute Gasteiger partial charge is 0.295 e. The fourth-order valence-corrected chi connectivity index (χ4v) is 2.62. The molecule has 2 heterocycles. The number of nitrogens with zero attached hydrogens (tertiary/aromatic N) is 2. The molecule has 0 atom stereocenters. The van der Waals surface area contributed by atoms with Gasteiger partial charge in [0.25, 0.3) is 0 Å². The van der Waals surface area contributed by atoms with E-state index in [1.807, 2.05) is 54.7 Å². The molecule has 0 spiro atoms. The molecule has 0 unspecified atom stereocenters. The van der Waals surface area contributed by atoms with E-state index in [2.05, 4.69) is 43.7 Å². The van der Waals surface area contributed by atoms with Crippen molar-refractivity contribution in [1.29, 1.82) is 0 Å². The van der Waals surface area contributed by atoms with Crippen molar-refractivity contribution < 1.29 is 18.8 Å². The van der Waals surface area contributed by atoms with Crippen molar-refractivity contribution in [2.24, 2.45) is 0 Å². The van der Waals surface area contributed by atoms with Crippen LogP contribution in [0.5, 0.6) is 0 Å². The Balaban J connectivity index is 0.000000815. The summed E-state index contributed by atoms with van der Waals surface area (Å²) in [5, 5.41) is 2.32. The van der Waals surface area contributed by atoms with Crippen molar-refractivity contribution in [3.8, 4) is 22.5 Å². The molecule has 0 amide bonds. The van der Waals surface area contributed by atoms with E-state index in [0.29, 0.717) is 0 Å². The zero-order chi connectivity index (χ0) is 16.8. The van der Waals surface area contributed by atoms with Crippen molar-refractivity contribution in [3.63, 3.8) is 0 Å². The van der Waals surface area contributed by atoms with Gasteiger partial charge in [-0.15, -0.1) is 12.1 Å². The molecule has 24 heavy (non-hydrogen) atoms. The van der Waals surface area contributed by atoms with Crippen LogP contribution in [0.4, 0.5) is 0 Å². The van der Waals surface area contributed by atoms with Gasteiger partial charge >= 0.3 is 28.2 Å². The van der Waals surface area contributed by atoms with E-state index >= 15 is 0 Å². The van der Waals surface area contributed by atoms with Gasteiger partial charge in [0.1, 0.15) is 0 Å². The maximum absolute atomic E-state index is 4.61. The fourth-order valence-electron chi connectivity index (χ4n) is 2.62. The predicted octanol–water partition coefficient (Wildman–Crippen LogP) is 5.45.